The summed E-state index contributed by atoms with van der Waals surface area (Å²) >= 11 is 3.45. The molecule has 0 saturated carbocycles. The summed E-state index contributed by atoms with van der Waals surface area (Å²) in [6.45, 7) is 5.50. The first-order valence-electron chi connectivity index (χ1n) is 5.32. The van der Waals surface area contributed by atoms with Gasteiger partial charge in [0, 0.05) is 30.2 Å². The van der Waals surface area contributed by atoms with Crippen LogP contribution in [0.15, 0.2) is 12.4 Å². The lowest BCUT2D eigenvalue weighted by Crippen LogP contribution is -2.04. The quantitative estimate of drug-likeness (QED) is 0.564. The van der Waals surface area contributed by atoms with Crippen LogP contribution in [-0.2, 0) is 6.54 Å². The number of aryl methyl sites for hydroxylation is 1. The van der Waals surface area contributed by atoms with Crippen molar-refractivity contribution in [3.8, 4) is 0 Å². The normalized spacial score (nSPS) is 11.1. The highest BCUT2D eigenvalue weighted by Gasteiger charge is 2.05. The van der Waals surface area contributed by atoms with E-state index in [1.54, 1.807) is 0 Å². The Morgan fingerprint density at radius 1 is 1.36 bits per heavy atom. The Morgan fingerprint density at radius 2 is 2.14 bits per heavy atom. The molecular formula is C11H19BrN2. The first kappa shape index (κ1) is 11.8. The predicted octanol–water partition coefficient (Wildman–Crippen LogP) is 3.57. The van der Waals surface area contributed by atoms with Crippen molar-refractivity contribution >= 4 is 15.9 Å². The molecule has 0 unspecified atom stereocenters. The predicted molar refractivity (Wildman–Crippen MR) is 64.0 cm³/mol. The van der Waals surface area contributed by atoms with Crippen LogP contribution in [-0.4, -0.2) is 14.9 Å². The van der Waals surface area contributed by atoms with E-state index < -0.39 is 0 Å². The maximum atomic E-state index is 4.37. The van der Waals surface area contributed by atoms with Gasteiger partial charge in [0.25, 0.3) is 0 Å². The van der Waals surface area contributed by atoms with Gasteiger partial charge in [-0.1, -0.05) is 36.2 Å². The van der Waals surface area contributed by atoms with Crippen molar-refractivity contribution in [1.82, 2.24) is 9.55 Å². The molecule has 14 heavy (non-hydrogen) atoms. The average molecular weight is 259 g/mol. The van der Waals surface area contributed by atoms with Crippen molar-refractivity contribution in [3.63, 3.8) is 0 Å². The van der Waals surface area contributed by atoms with E-state index in [1.807, 2.05) is 6.20 Å². The van der Waals surface area contributed by atoms with Gasteiger partial charge in [-0.25, -0.2) is 4.98 Å². The fourth-order valence-corrected chi connectivity index (χ4v) is 1.96. The summed E-state index contributed by atoms with van der Waals surface area (Å²) in [6, 6.07) is 0. The van der Waals surface area contributed by atoms with Gasteiger partial charge in [-0.05, 0) is 12.8 Å². The third kappa shape index (κ3) is 3.45. The van der Waals surface area contributed by atoms with Gasteiger partial charge < -0.3 is 4.57 Å². The fourth-order valence-electron chi connectivity index (χ4n) is 1.56. The van der Waals surface area contributed by atoms with E-state index in [0.717, 1.165) is 11.9 Å². The van der Waals surface area contributed by atoms with Crippen molar-refractivity contribution in [2.75, 3.05) is 5.33 Å². The second kappa shape index (κ2) is 6.23. The molecule has 0 fully saturated rings. The highest BCUT2D eigenvalue weighted by Crippen LogP contribution is 2.12. The molecule has 0 amide bonds. The van der Waals surface area contributed by atoms with Crippen molar-refractivity contribution in [2.24, 2.45) is 0 Å². The Morgan fingerprint density at radius 3 is 2.79 bits per heavy atom. The molecule has 0 aliphatic heterocycles. The zero-order valence-corrected chi connectivity index (χ0v) is 10.6. The molecule has 0 N–H and O–H groups in total. The van der Waals surface area contributed by atoms with E-state index in [-0.39, 0.29) is 0 Å². The number of halogens is 1. The number of alkyl halides is 1. The molecular weight excluding hydrogens is 240 g/mol. The van der Waals surface area contributed by atoms with Crippen molar-refractivity contribution in [3.05, 3.63) is 18.2 Å². The summed E-state index contributed by atoms with van der Waals surface area (Å²) in [5, 5.41) is 1.12. The molecule has 1 aromatic rings. The highest BCUT2D eigenvalue weighted by atomic mass is 79.9. The summed E-state index contributed by atoms with van der Waals surface area (Å²) < 4.78 is 2.28. The van der Waals surface area contributed by atoms with E-state index in [4.69, 9.17) is 0 Å². The number of aromatic nitrogens is 2. The standard InChI is InChI=1S/C11H19BrN2/c1-10(2)11-13-7-9-14(11)8-5-3-4-6-12/h7,9-10H,3-6,8H2,1-2H3. The number of hydrogen-bond acceptors (Lipinski definition) is 1. The third-order valence-electron chi connectivity index (χ3n) is 2.30. The summed E-state index contributed by atoms with van der Waals surface area (Å²) in [5.74, 6) is 1.74. The summed E-state index contributed by atoms with van der Waals surface area (Å²) in [4.78, 5) is 4.37. The van der Waals surface area contributed by atoms with E-state index in [2.05, 4.69) is 45.5 Å². The van der Waals surface area contributed by atoms with Gasteiger partial charge in [0.05, 0.1) is 0 Å². The highest BCUT2D eigenvalue weighted by molar-refractivity contribution is 9.09. The number of unbranched alkanes of at least 4 members (excludes halogenated alkanes) is 2. The lowest BCUT2D eigenvalue weighted by atomic mass is 10.2. The van der Waals surface area contributed by atoms with E-state index in [1.165, 1.54) is 25.1 Å². The molecule has 0 atom stereocenters. The van der Waals surface area contributed by atoms with Crippen LogP contribution in [0.3, 0.4) is 0 Å². The number of nitrogens with zero attached hydrogens (tertiary/aromatic N) is 2. The van der Waals surface area contributed by atoms with E-state index >= 15 is 0 Å². The maximum absolute atomic E-state index is 4.37. The second-order valence-electron chi connectivity index (χ2n) is 3.88. The van der Waals surface area contributed by atoms with E-state index in [0.29, 0.717) is 5.92 Å². The van der Waals surface area contributed by atoms with Gasteiger partial charge >= 0.3 is 0 Å². The summed E-state index contributed by atoms with van der Waals surface area (Å²) in [5.41, 5.74) is 0. The Bertz CT molecular complexity index is 256. The van der Waals surface area contributed by atoms with Crippen LogP contribution in [0, 0.1) is 0 Å². The lowest BCUT2D eigenvalue weighted by molar-refractivity contribution is 0.566. The van der Waals surface area contributed by atoms with Crippen LogP contribution >= 0.6 is 15.9 Å². The Hall–Kier alpha value is -0.310. The first-order valence-corrected chi connectivity index (χ1v) is 6.45. The lowest BCUT2D eigenvalue weighted by Gasteiger charge is -2.09. The molecule has 0 spiro atoms. The first-order chi connectivity index (χ1) is 6.75. The largest absolute Gasteiger partial charge is 0.335 e. The second-order valence-corrected chi connectivity index (χ2v) is 4.68. The van der Waals surface area contributed by atoms with Crippen LogP contribution in [0.2, 0.25) is 0 Å². The van der Waals surface area contributed by atoms with Crippen molar-refractivity contribution in [2.45, 2.75) is 45.6 Å². The van der Waals surface area contributed by atoms with Gasteiger partial charge in [0.15, 0.2) is 0 Å². The molecule has 3 heteroatoms. The minimum absolute atomic E-state index is 0.529. The van der Waals surface area contributed by atoms with Crippen LogP contribution in [0.1, 0.15) is 44.9 Å². The molecule has 1 rings (SSSR count). The van der Waals surface area contributed by atoms with Crippen molar-refractivity contribution < 1.29 is 0 Å². The van der Waals surface area contributed by atoms with Gasteiger partial charge in [0.1, 0.15) is 5.82 Å². The zero-order valence-electron chi connectivity index (χ0n) is 9.04. The maximum Gasteiger partial charge on any atom is 0.111 e. The Labute approximate surface area is 94.9 Å². The SMILES string of the molecule is CC(C)c1nccn1CCCCCBr. The minimum atomic E-state index is 0.529. The Kier molecular flexibility index (Phi) is 5.23. The van der Waals surface area contributed by atoms with Crippen LogP contribution in [0.5, 0.6) is 0 Å². The number of imidazole rings is 1. The van der Waals surface area contributed by atoms with Crippen LogP contribution < -0.4 is 0 Å². The molecule has 1 heterocycles. The molecule has 0 saturated heterocycles. The minimum Gasteiger partial charge on any atom is -0.335 e. The van der Waals surface area contributed by atoms with Crippen LogP contribution in [0.4, 0.5) is 0 Å². The fraction of sp³-hybridized carbons (Fsp3) is 0.727. The summed E-state index contributed by atoms with van der Waals surface area (Å²) in [7, 11) is 0. The summed E-state index contributed by atoms with van der Waals surface area (Å²) in [6.07, 6.45) is 7.80. The number of hydrogen-bond donors (Lipinski definition) is 0. The van der Waals surface area contributed by atoms with Crippen molar-refractivity contribution in [1.29, 1.82) is 0 Å². The van der Waals surface area contributed by atoms with Gasteiger partial charge in [0.2, 0.25) is 0 Å². The smallest absolute Gasteiger partial charge is 0.111 e. The van der Waals surface area contributed by atoms with E-state index in [9.17, 15) is 0 Å². The Balaban J connectivity index is 2.38. The molecule has 0 radical (unpaired) electrons. The van der Waals surface area contributed by atoms with Crippen LogP contribution in [0.25, 0.3) is 0 Å². The van der Waals surface area contributed by atoms with Gasteiger partial charge in [-0.15, -0.1) is 0 Å². The topological polar surface area (TPSA) is 17.8 Å². The molecule has 0 aromatic carbocycles. The average Bonchev–Trinajstić information content (AvgIpc) is 2.60. The third-order valence-corrected chi connectivity index (χ3v) is 2.86. The molecule has 2 nitrogen and oxygen atoms in total. The molecule has 1 aromatic heterocycles. The van der Waals surface area contributed by atoms with Gasteiger partial charge in [-0.2, -0.15) is 0 Å². The molecule has 0 aliphatic carbocycles. The number of rotatable bonds is 6. The molecule has 80 valence electrons. The monoisotopic (exact) mass is 258 g/mol. The zero-order chi connectivity index (χ0) is 10.4. The van der Waals surface area contributed by atoms with Gasteiger partial charge in [-0.3, -0.25) is 0 Å². The molecule has 0 bridgehead atoms. The molecule has 0 aliphatic rings.